The second-order valence-corrected chi connectivity index (χ2v) is 6.11. The van der Waals surface area contributed by atoms with Gasteiger partial charge in [0.15, 0.2) is 0 Å². The minimum atomic E-state index is -0.503. The maximum absolute atomic E-state index is 13.1. The molecule has 1 saturated heterocycles. The first-order valence-electron chi connectivity index (χ1n) is 7.79. The summed E-state index contributed by atoms with van der Waals surface area (Å²) in [5.41, 5.74) is 1.48. The molecule has 0 radical (unpaired) electrons. The SMILES string of the molecule is O=C(Nc1ccc(F)c(Cl)c1)N1CCC(Nc2cccnc2)CC1. The van der Waals surface area contributed by atoms with Gasteiger partial charge in [0.1, 0.15) is 5.82 Å². The summed E-state index contributed by atoms with van der Waals surface area (Å²) in [5, 5.41) is 6.17. The van der Waals surface area contributed by atoms with Crippen LogP contribution in [0.1, 0.15) is 12.8 Å². The first-order chi connectivity index (χ1) is 11.6. The Labute approximate surface area is 144 Å². The van der Waals surface area contributed by atoms with Crippen LogP contribution < -0.4 is 10.6 Å². The number of urea groups is 1. The van der Waals surface area contributed by atoms with E-state index in [0.717, 1.165) is 18.5 Å². The summed E-state index contributed by atoms with van der Waals surface area (Å²) in [7, 11) is 0. The first kappa shape index (κ1) is 16.5. The molecule has 1 aliphatic heterocycles. The van der Waals surface area contributed by atoms with Gasteiger partial charge in [0.2, 0.25) is 0 Å². The number of hydrogen-bond acceptors (Lipinski definition) is 3. The standard InChI is InChI=1S/C17H18ClFN4O/c18-15-10-13(3-4-16(15)19)22-17(24)23-8-5-12(6-9-23)21-14-2-1-7-20-11-14/h1-4,7,10-12,21H,5-6,8-9H2,(H,22,24). The average Bonchev–Trinajstić information content (AvgIpc) is 2.60. The Morgan fingerprint density at radius 3 is 2.71 bits per heavy atom. The fourth-order valence-corrected chi connectivity index (χ4v) is 2.87. The van der Waals surface area contributed by atoms with Crippen molar-refractivity contribution in [2.24, 2.45) is 0 Å². The molecule has 2 amide bonds. The first-order valence-corrected chi connectivity index (χ1v) is 8.17. The van der Waals surface area contributed by atoms with Crippen LogP contribution in [-0.4, -0.2) is 35.0 Å². The van der Waals surface area contributed by atoms with Gasteiger partial charge in [-0.05, 0) is 43.2 Å². The van der Waals surface area contributed by atoms with Gasteiger partial charge in [-0.1, -0.05) is 11.6 Å². The Bertz CT molecular complexity index is 705. The molecular formula is C17H18ClFN4O. The van der Waals surface area contributed by atoms with Gasteiger partial charge in [-0.2, -0.15) is 0 Å². The Hall–Kier alpha value is -2.34. The van der Waals surface area contributed by atoms with E-state index >= 15 is 0 Å². The number of benzene rings is 1. The third-order valence-corrected chi connectivity index (χ3v) is 4.28. The van der Waals surface area contributed by atoms with Crippen molar-refractivity contribution in [1.82, 2.24) is 9.88 Å². The number of pyridine rings is 1. The van der Waals surface area contributed by atoms with Crippen molar-refractivity contribution in [1.29, 1.82) is 0 Å². The van der Waals surface area contributed by atoms with Crippen molar-refractivity contribution < 1.29 is 9.18 Å². The minimum absolute atomic E-state index is 0.00724. The van der Waals surface area contributed by atoms with Gasteiger partial charge < -0.3 is 15.5 Å². The maximum atomic E-state index is 13.1. The van der Waals surface area contributed by atoms with Gasteiger partial charge in [0, 0.05) is 37.2 Å². The lowest BCUT2D eigenvalue weighted by Crippen LogP contribution is -2.44. The lowest BCUT2D eigenvalue weighted by Gasteiger charge is -2.32. The molecule has 2 N–H and O–H groups in total. The predicted molar refractivity (Wildman–Crippen MR) is 92.9 cm³/mol. The molecule has 5 nitrogen and oxygen atoms in total. The lowest BCUT2D eigenvalue weighted by atomic mass is 10.1. The second-order valence-electron chi connectivity index (χ2n) is 5.71. The zero-order chi connectivity index (χ0) is 16.9. The number of carbonyl (C=O) groups excluding carboxylic acids is 1. The van der Waals surface area contributed by atoms with Crippen molar-refractivity contribution in [3.05, 3.63) is 53.6 Å². The predicted octanol–water partition coefficient (Wildman–Crippen LogP) is 3.98. The van der Waals surface area contributed by atoms with Crippen molar-refractivity contribution >= 4 is 29.0 Å². The van der Waals surface area contributed by atoms with Crippen LogP contribution in [-0.2, 0) is 0 Å². The highest BCUT2D eigenvalue weighted by molar-refractivity contribution is 6.31. The van der Waals surface area contributed by atoms with E-state index in [1.165, 1.54) is 18.2 Å². The Morgan fingerprint density at radius 2 is 2.04 bits per heavy atom. The van der Waals surface area contributed by atoms with E-state index in [1.54, 1.807) is 17.3 Å². The highest BCUT2D eigenvalue weighted by Gasteiger charge is 2.22. The summed E-state index contributed by atoms with van der Waals surface area (Å²) in [5.74, 6) is -0.503. The monoisotopic (exact) mass is 348 g/mol. The summed E-state index contributed by atoms with van der Waals surface area (Å²) < 4.78 is 13.1. The number of halogens is 2. The van der Waals surface area contributed by atoms with Crippen molar-refractivity contribution in [3.63, 3.8) is 0 Å². The van der Waals surface area contributed by atoms with E-state index in [4.69, 9.17) is 11.6 Å². The number of hydrogen-bond donors (Lipinski definition) is 2. The number of likely N-dealkylation sites (tertiary alicyclic amines) is 1. The van der Waals surface area contributed by atoms with Crippen LogP contribution in [0.5, 0.6) is 0 Å². The number of nitrogens with zero attached hydrogens (tertiary/aromatic N) is 2. The third kappa shape index (κ3) is 4.14. The molecule has 1 aromatic heterocycles. The zero-order valence-corrected chi connectivity index (χ0v) is 13.8. The number of rotatable bonds is 3. The number of nitrogens with one attached hydrogen (secondary N) is 2. The molecule has 0 bridgehead atoms. The molecule has 0 aliphatic carbocycles. The Morgan fingerprint density at radius 1 is 1.25 bits per heavy atom. The fourth-order valence-electron chi connectivity index (χ4n) is 2.69. The van der Waals surface area contributed by atoms with E-state index in [2.05, 4.69) is 15.6 Å². The molecule has 0 spiro atoms. The molecule has 0 unspecified atom stereocenters. The van der Waals surface area contributed by atoms with Gasteiger partial charge >= 0.3 is 6.03 Å². The van der Waals surface area contributed by atoms with Crippen molar-refractivity contribution in [2.45, 2.75) is 18.9 Å². The van der Waals surface area contributed by atoms with E-state index in [1.807, 2.05) is 12.1 Å². The quantitative estimate of drug-likeness (QED) is 0.882. The van der Waals surface area contributed by atoms with Crippen molar-refractivity contribution in [2.75, 3.05) is 23.7 Å². The van der Waals surface area contributed by atoms with Gasteiger partial charge in [-0.15, -0.1) is 0 Å². The largest absolute Gasteiger partial charge is 0.381 e. The van der Waals surface area contributed by atoms with Crippen LogP contribution in [0, 0.1) is 5.82 Å². The molecule has 7 heteroatoms. The number of aromatic nitrogens is 1. The second kappa shape index (κ2) is 7.49. The number of piperidine rings is 1. The minimum Gasteiger partial charge on any atom is -0.381 e. The maximum Gasteiger partial charge on any atom is 0.321 e. The summed E-state index contributed by atoms with van der Waals surface area (Å²) in [6.45, 7) is 1.30. The van der Waals surface area contributed by atoms with Crippen LogP contribution in [0.3, 0.4) is 0 Å². The van der Waals surface area contributed by atoms with E-state index < -0.39 is 5.82 Å². The number of anilines is 2. The third-order valence-electron chi connectivity index (χ3n) is 3.99. The lowest BCUT2D eigenvalue weighted by molar-refractivity contribution is 0.197. The summed E-state index contributed by atoms with van der Waals surface area (Å²) in [6.07, 6.45) is 5.23. The molecule has 1 aromatic carbocycles. The molecule has 1 fully saturated rings. The molecule has 0 atom stereocenters. The molecule has 126 valence electrons. The smallest absolute Gasteiger partial charge is 0.321 e. The number of carbonyl (C=O) groups is 1. The van der Waals surface area contributed by atoms with Gasteiger partial charge in [-0.3, -0.25) is 4.98 Å². The highest BCUT2D eigenvalue weighted by Crippen LogP contribution is 2.21. The fraction of sp³-hybridized carbons (Fsp3) is 0.294. The van der Waals surface area contributed by atoms with Crippen molar-refractivity contribution in [3.8, 4) is 0 Å². The van der Waals surface area contributed by atoms with Gasteiger partial charge in [0.05, 0.1) is 10.7 Å². The van der Waals surface area contributed by atoms with E-state index in [-0.39, 0.29) is 11.1 Å². The Balaban J connectivity index is 1.50. The molecule has 1 aliphatic rings. The topological polar surface area (TPSA) is 57.3 Å². The van der Waals surface area contributed by atoms with Gasteiger partial charge in [-0.25, -0.2) is 9.18 Å². The molecule has 2 aromatic rings. The molecule has 2 heterocycles. The molecule has 3 rings (SSSR count). The van der Waals surface area contributed by atoms with E-state index in [9.17, 15) is 9.18 Å². The summed E-state index contributed by atoms with van der Waals surface area (Å²) >= 11 is 5.73. The van der Waals surface area contributed by atoms with Crippen LogP contribution in [0.25, 0.3) is 0 Å². The van der Waals surface area contributed by atoms with Crippen LogP contribution in [0.4, 0.5) is 20.6 Å². The van der Waals surface area contributed by atoms with E-state index in [0.29, 0.717) is 24.8 Å². The van der Waals surface area contributed by atoms with Crippen LogP contribution in [0.2, 0.25) is 5.02 Å². The normalized spacial score (nSPS) is 15.2. The zero-order valence-electron chi connectivity index (χ0n) is 13.0. The molecule has 0 saturated carbocycles. The number of amides is 2. The van der Waals surface area contributed by atoms with Crippen LogP contribution in [0.15, 0.2) is 42.7 Å². The molecular weight excluding hydrogens is 331 g/mol. The highest BCUT2D eigenvalue weighted by atomic mass is 35.5. The average molecular weight is 349 g/mol. The Kier molecular flexibility index (Phi) is 5.15. The van der Waals surface area contributed by atoms with Gasteiger partial charge in [0.25, 0.3) is 0 Å². The summed E-state index contributed by atoms with van der Waals surface area (Å²) in [6, 6.07) is 8.13. The van der Waals surface area contributed by atoms with Crippen LogP contribution >= 0.6 is 11.6 Å². The molecule has 24 heavy (non-hydrogen) atoms. The summed E-state index contributed by atoms with van der Waals surface area (Å²) in [4.78, 5) is 18.1.